The van der Waals surface area contributed by atoms with E-state index in [1.54, 1.807) is 6.92 Å². The summed E-state index contributed by atoms with van der Waals surface area (Å²) in [5.41, 5.74) is -1.11. The van der Waals surface area contributed by atoms with Crippen molar-refractivity contribution in [2.24, 2.45) is 17.8 Å². The average Bonchev–Trinajstić information content (AvgIpc) is 2.87. The molecule has 0 amide bonds. The van der Waals surface area contributed by atoms with Gasteiger partial charge >= 0.3 is 0 Å². The van der Waals surface area contributed by atoms with Crippen molar-refractivity contribution in [3.63, 3.8) is 0 Å². The first-order chi connectivity index (χ1) is 11.7. The Bertz CT molecular complexity index is 471. The van der Waals surface area contributed by atoms with Gasteiger partial charge in [-0.25, -0.2) is 0 Å². The van der Waals surface area contributed by atoms with Crippen LogP contribution in [0.25, 0.3) is 0 Å². The van der Waals surface area contributed by atoms with Crippen LogP contribution in [0.4, 0.5) is 0 Å². The lowest BCUT2D eigenvalue weighted by molar-refractivity contribution is -0.363. The fraction of sp³-hybridized carbons (Fsp3) is 1.00. The van der Waals surface area contributed by atoms with Gasteiger partial charge in [0.2, 0.25) is 0 Å². The lowest BCUT2D eigenvalue weighted by Gasteiger charge is -2.47. The summed E-state index contributed by atoms with van der Waals surface area (Å²) >= 11 is 0. The fourth-order valence-electron chi connectivity index (χ4n) is 4.27. The van der Waals surface area contributed by atoms with Crippen molar-refractivity contribution in [1.82, 2.24) is 0 Å². The molecule has 0 aromatic rings. The predicted molar refractivity (Wildman–Crippen MR) is 82.0 cm³/mol. The van der Waals surface area contributed by atoms with E-state index < -0.39 is 55.3 Å². The Morgan fingerprint density at radius 3 is 2.40 bits per heavy atom. The highest BCUT2D eigenvalue weighted by atomic mass is 16.8. The Balaban J connectivity index is 1.75. The quantitative estimate of drug-likeness (QED) is 0.321. The van der Waals surface area contributed by atoms with E-state index in [1.165, 1.54) is 0 Å². The minimum absolute atomic E-state index is 0.00427. The van der Waals surface area contributed by atoms with Crippen LogP contribution in [0.3, 0.4) is 0 Å². The van der Waals surface area contributed by atoms with Gasteiger partial charge in [0.15, 0.2) is 12.6 Å². The van der Waals surface area contributed by atoms with Crippen molar-refractivity contribution in [1.29, 1.82) is 0 Å². The normalized spacial score (nSPS) is 56.6. The molecule has 0 unspecified atom stereocenters. The molecular weight excluding hydrogens is 336 g/mol. The van der Waals surface area contributed by atoms with Crippen molar-refractivity contribution in [2.45, 2.75) is 69.0 Å². The second kappa shape index (κ2) is 6.99. The molecule has 0 spiro atoms. The highest BCUT2D eigenvalue weighted by molar-refractivity contribution is 5.02. The molecule has 3 rings (SSSR count). The van der Waals surface area contributed by atoms with Gasteiger partial charge in [0.05, 0.1) is 24.9 Å². The average molecular weight is 364 g/mol. The van der Waals surface area contributed by atoms with Gasteiger partial charge < -0.3 is 44.8 Å². The van der Waals surface area contributed by atoms with E-state index in [2.05, 4.69) is 0 Å². The molecule has 6 N–H and O–H groups in total. The maximum Gasteiger partial charge on any atom is 0.189 e. The van der Waals surface area contributed by atoms with E-state index >= 15 is 0 Å². The molecule has 3 fully saturated rings. The number of aliphatic hydroxyl groups is 6. The van der Waals surface area contributed by atoms with Crippen molar-refractivity contribution in [2.75, 3.05) is 13.2 Å². The van der Waals surface area contributed by atoms with E-state index in [9.17, 15) is 30.6 Å². The maximum atomic E-state index is 10.5. The zero-order chi connectivity index (χ0) is 18.5. The summed E-state index contributed by atoms with van der Waals surface area (Å²) in [7, 11) is 0. The molecule has 9 nitrogen and oxygen atoms in total. The smallest absolute Gasteiger partial charge is 0.189 e. The topological polar surface area (TPSA) is 149 Å². The van der Waals surface area contributed by atoms with Gasteiger partial charge in [-0.15, -0.1) is 0 Å². The van der Waals surface area contributed by atoms with Crippen molar-refractivity contribution in [3.8, 4) is 0 Å². The van der Waals surface area contributed by atoms with E-state index in [0.29, 0.717) is 6.42 Å². The zero-order valence-corrected chi connectivity index (χ0v) is 14.3. The molecule has 0 radical (unpaired) electrons. The van der Waals surface area contributed by atoms with Crippen LogP contribution < -0.4 is 0 Å². The molecule has 146 valence electrons. The standard InChI is InChI=1S/C16H28O9/c1-6-8(18)3-7-10(6)14(23-5-16(7,2)22)25-15-13(21)12(20)11(19)9(4-17)24-15/h6-15,17-22H,3-5H2,1-2H3/t6-,7+,8+,9-,10-,11-,12+,13-,14+,15+,16+/m1/s1. The summed E-state index contributed by atoms with van der Waals surface area (Å²) in [6.45, 7) is 2.94. The second-order valence-electron chi connectivity index (χ2n) is 7.72. The molecule has 1 saturated carbocycles. The lowest BCUT2D eigenvalue weighted by Crippen LogP contribution is -2.61. The molecule has 0 aromatic heterocycles. The van der Waals surface area contributed by atoms with Crippen LogP contribution >= 0.6 is 0 Å². The van der Waals surface area contributed by atoms with Gasteiger partial charge in [0.25, 0.3) is 0 Å². The van der Waals surface area contributed by atoms with E-state index in [1.807, 2.05) is 6.92 Å². The number of hydrogen-bond acceptors (Lipinski definition) is 9. The molecule has 25 heavy (non-hydrogen) atoms. The molecule has 3 aliphatic rings. The monoisotopic (exact) mass is 364 g/mol. The Kier molecular flexibility index (Phi) is 5.42. The first-order valence-corrected chi connectivity index (χ1v) is 8.65. The maximum absolute atomic E-state index is 10.5. The van der Waals surface area contributed by atoms with Crippen LogP contribution in [-0.4, -0.2) is 92.6 Å². The molecule has 0 bridgehead atoms. The predicted octanol–water partition coefficient (Wildman–Crippen LogP) is -2.46. The van der Waals surface area contributed by atoms with Gasteiger partial charge in [-0.05, 0) is 19.3 Å². The van der Waals surface area contributed by atoms with Gasteiger partial charge in [-0.2, -0.15) is 0 Å². The van der Waals surface area contributed by atoms with Crippen LogP contribution in [0.1, 0.15) is 20.3 Å². The summed E-state index contributed by atoms with van der Waals surface area (Å²) in [6.07, 6.45) is -7.96. The first-order valence-electron chi connectivity index (χ1n) is 8.65. The molecule has 2 heterocycles. The zero-order valence-electron chi connectivity index (χ0n) is 14.3. The number of rotatable bonds is 3. The van der Waals surface area contributed by atoms with Gasteiger partial charge in [-0.3, -0.25) is 0 Å². The Hall–Kier alpha value is -0.360. The third-order valence-corrected chi connectivity index (χ3v) is 5.94. The van der Waals surface area contributed by atoms with E-state index in [0.717, 1.165) is 0 Å². The third-order valence-electron chi connectivity index (χ3n) is 5.94. The summed E-state index contributed by atoms with van der Waals surface area (Å²) in [6, 6.07) is 0. The minimum atomic E-state index is -1.54. The van der Waals surface area contributed by atoms with E-state index in [-0.39, 0.29) is 24.4 Å². The minimum Gasteiger partial charge on any atom is -0.394 e. The highest BCUT2D eigenvalue weighted by Crippen LogP contribution is 2.49. The molecule has 11 atom stereocenters. The summed E-state index contributed by atoms with van der Waals surface area (Å²) in [4.78, 5) is 0. The summed E-state index contributed by atoms with van der Waals surface area (Å²) in [5, 5.41) is 59.8. The molecule has 0 aromatic carbocycles. The number of fused-ring (bicyclic) bond motifs is 1. The van der Waals surface area contributed by atoms with Crippen LogP contribution in [-0.2, 0) is 14.2 Å². The third kappa shape index (κ3) is 3.33. The van der Waals surface area contributed by atoms with Crippen molar-refractivity contribution >= 4 is 0 Å². The molecule has 2 aliphatic heterocycles. The van der Waals surface area contributed by atoms with Crippen molar-refractivity contribution < 1.29 is 44.8 Å². The lowest BCUT2D eigenvalue weighted by atomic mass is 9.77. The first kappa shape index (κ1) is 19.4. The molecular formula is C16H28O9. The van der Waals surface area contributed by atoms with Gasteiger partial charge in [0, 0.05) is 11.8 Å². The Morgan fingerprint density at radius 2 is 1.76 bits per heavy atom. The van der Waals surface area contributed by atoms with E-state index in [4.69, 9.17) is 14.2 Å². The molecule has 1 aliphatic carbocycles. The Labute approximate surface area is 145 Å². The van der Waals surface area contributed by atoms with Crippen molar-refractivity contribution in [3.05, 3.63) is 0 Å². The molecule has 9 heteroatoms. The molecule has 2 saturated heterocycles. The largest absolute Gasteiger partial charge is 0.394 e. The second-order valence-corrected chi connectivity index (χ2v) is 7.72. The summed E-state index contributed by atoms with van der Waals surface area (Å²) in [5.74, 6) is -0.779. The van der Waals surface area contributed by atoms with Gasteiger partial charge in [0.1, 0.15) is 24.4 Å². The van der Waals surface area contributed by atoms with Gasteiger partial charge in [-0.1, -0.05) is 6.92 Å². The van der Waals surface area contributed by atoms with Crippen LogP contribution in [0.15, 0.2) is 0 Å². The number of hydrogen-bond donors (Lipinski definition) is 6. The highest BCUT2D eigenvalue weighted by Gasteiger charge is 2.56. The number of aliphatic hydroxyl groups excluding tert-OH is 5. The number of ether oxygens (including phenoxy) is 3. The van der Waals surface area contributed by atoms with Crippen LogP contribution in [0.5, 0.6) is 0 Å². The van der Waals surface area contributed by atoms with Crippen LogP contribution in [0, 0.1) is 17.8 Å². The fourth-order valence-corrected chi connectivity index (χ4v) is 4.27. The summed E-state index contributed by atoms with van der Waals surface area (Å²) < 4.78 is 16.7. The SMILES string of the molecule is C[C@H]1[C@H]2[C@H](O[C@@H]3O[C@H](CO)[C@@H](O)[C@H](O)[C@H]3O)OC[C@](C)(O)[C@H]2C[C@@H]1O. The Morgan fingerprint density at radius 1 is 1.08 bits per heavy atom. The van der Waals surface area contributed by atoms with Crippen LogP contribution in [0.2, 0.25) is 0 Å².